The van der Waals surface area contributed by atoms with Crippen LogP contribution in [0.1, 0.15) is 15.9 Å². The van der Waals surface area contributed by atoms with E-state index in [0.717, 1.165) is 17.7 Å². The van der Waals surface area contributed by atoms with E-state index in [1.54, 1.807) is 24.3 Å². The molecule has 1 N–H and O–H groups in total. The number of nitriles is 1. The first-order valence-corrected chi connectivity index (χ1v) is 5.82. The molecule has 0 saturated heterocycles. The minimum absolute atomic E-state index is 0.229. The summed E-state index contributed by atoms with van der Waals surface area (Å²) in [6.07, 6.45) is 0.279. The first-order valence-electron chi connectivity index (χ1n) is 5.82. The van der Waals surface area contributed by atoms with Crippen LogP contribution in [0.4, 0.5) is 14.5 Å². The SMILES string of the molecule is N#CCc1ccc(NC(=O)c2ccc(F)cc2F)cc1. The second-order valence-electron chi connectivity index (χ2n) is 4.11. The molecule has 0 aromatic heterocycles. The van der Waals surface area contributed by atoms with E-state index in [1.807, 2.05) is 6.07 Å². The van der Waals surface area contributed by atoms with Crippen molar-refractivity contribution < 1.29 is 13.6 Å². The van der Waals surface area contributed by atoms with Crippen LogP contribution in [0.3, 0.4) is 0 Å². The maximum atomic E-state index is 13.4. The summed E-state index contributed by atoms with van der Waals surface area (Å²) in [5.74, 6) is -2.31. The number of hydrogen-bond acceptors (Lipinski definition) is 2. The third-order valence-corrected chi connectivity index (χ3v) is 2.67. The molecule has 0 bridgehead atoms. The molecule has 5 heteroatoms. The highest BCUT2D eigenvalue weighted by atomic mass is 19.1. The predicted octanol–water partition coefficient (Wildman–Crippen LogP) is 3.28. The summed E-state index contributed by atoms with van der Waals surface area (Å²) in [5.41, 5.74) is 1.06. The molecule has 0 unspecified atom stereocenters. The van der Waals surface area contributed by atoms with Crippen LogP contribution >= 0.6 is 0 Å². The molecule has 0 saturated carbocycles. The van der Waals surface area contributed by atoms with Gasteiger partial charge in [0.1, 0.15) is 11.6 Å². The van der Waals surface area contributed by atoms with Gasteiger partial charge in [0, 0.05) is 11.8 Å². The summed E-state index contributed by atoms with van der Waals surface area (Å²) >= 11 is 0. The van der Waals surface area contributed by atoms with Crippen molar-refractivity contribution in [2.75, 3.05) is 5.32 Å². The van der Waals surface area contributed by atoms with E-state index < -0.39 is 17.5 Å². The predicted molar refractivity (Wildman–Crippen MR) is 70.1 cm³/mol. The lowest BCUT2D eigenvalue weighted by atomic mass is 10.1. The number of hydrogen-bond donors (Lipinski definition) is 1. The fourth-order valence-electron chi connectivity index (χ4n) is 1.67. The molecule has 100 valence electrons. The van der Waals surface area contributed by atoms with Crippen LogP contribution in [0, 0.1) is 23.0 Å². The molecule has 0 aliphatic carbocycles. The van der Waals surface area contributed by atoms with Crippen LogP contribution in [0.5, 0.6) is 0 Å². The van der Waals surface area contributed by atoms with E-state index in [-0.39, 0.29) is 12.0 Å². The monoisotopic (exact) mass is 272 g/mol. The number of carbonyl (C=O) groups excluding carboxylic acids is 1. The van der Waals surface area contributed by atoms with E-state index in [9.17, 15) is 13.6 Å². The fourth-order valence-corrected chi connectivity index (χ4v) is 1.67. The molecule has 1 amide bonds. The Morgan fingerprint density at radius 1 is 1.15 bits per heavy atom. The molecule has 2 rings (SSSR count). The lowest BCUT2D eigenvalue weighted by Gasteiger charge is -2.06. The minimum atomic E-state index is -0.913. The Balaban J connectivity index is 2.13. The Labute approximate surface area is 114 Å². The number of halogens is 2. The zero-order chi connectivity index (χ0) is 14.5. The van der Waals surface area contributed by atoms with Gasteiger partial charge in [-0.1, -0.05) is 12.1 Å². The normalized spacial score (nSPS) is 9.85. The van der Waals surface area contributed by atoms with E-state index in [1.165, 1.54) is 0 Å². The summed E-state index contributed by atoms with van der Waals surface area (Å²) in [6.45, 7) is 0. The van der Waals surface area contributed by atoms with Crippen molar-refractivity contribution in [1.82, 2.24) is 0 Å². The Bertz CT molecular complexity index is 675. The van der Waals surface area contributed by atoms with Gasteiger partial charge in [-0.25, -0.2) is 8.78 Å². The molecule has 0 atom stereocenters. The van der Waals surface area contributed by atoms with Gasteiger partial charge in [0.25, 0.3) is 5.91 Å². The van der Waals surface area contributed by atoms with Crippen molar-refractivity contribution in [2.45, 2.75) is 6.42 Å². The van der Waals surface area contributed by atoms with Gasteiger partial charge < -0.3 is 5.32 Å². The molecular weight excluding hydrogens is 262 g/mol. The van der Waals surface area contributed by atoms with Crippen molar-refractivity contribution in [3.8, 4) is 6.07 Å². The van der Waals surface area contributed by atoms with Gasteiger partial charge in [-0.2, -0.15) is 5.26 Å². The Morgan fingerprint density at radius 2 is 1.85 bits per heavy atom. The fraction of sp³-hybridized carbons (Fsp3) is 0.0667. The molecule has 0 fully saturated rings. The minimum Gasteiger partial charge on any atom is -0.322 e. The molecule has 0 spiro atoms. The van der Waals surface area contributed by atoms with E-state index >= 15 is 0 Å². The number of nitrogens with one attached hydrogen (secondary N) is 1. The zero-order valence-electron chi connectivity index (χ0n) is 10.4. The third-order valence-electron chi connectivity index (χ3n) is 2.67. The molecule has 0 aliphatic heterocycles. The molecule has 0 radical (unpaired) electrons. The van der Waals surface area contributed by atoms with E-state index in [0.29, 0.717) is 11.8 Å². The first kappa shape index (κ1) is 13.7. The van der Waals surface area contributed by atoms with Gasteiger partial charge in [-0.3, -0.25) is 4.79 Å². The van der Waals surface area contributed by atoms with Crippen molar-refractivity contribution in [1.29, 1.82) is 5.26 Å². The quantitative estimate of drug-likeness (QED) is 0.932. The van der Waals surface area contributed by atoms with Gasteiger partial charge in [0.2, 0.25) is 0 Å². The van der Waals surface area contributed by atoms with Crippen LogP contribution in [-0.4, -0.2) is 5.91 Å². The molecular formula is C15H10F2N2O. The second kappa shape index (κ2) is 5.93. The van der Waals surface area contributed by atoms with Gasteiger partial charge in [0.15, 0.2) is 0 Å². The summed E-state index contributed by atoms with van der Waals surface area (Å²) < 4.78 is 26.2. The zero-order valence-corrected chi connectivity index (χ0v) is 10.4. The maximum absolute atomic E-state index is 13.4. The molecule has 3 nitrogen and oxygen atoms in total. The summed E-state index contributed by atoms with van der Waals surface area (Å²) in [6, 6.07) is 11.4. The van der Waals surface area contributed by atoms with E-state index in [2.05, 4.69) is 5.32 Å². The largest absolute Gasteiger partial charge is 0.322 e. The second-order valence-corrected chi connectivity index (χ2v) is 4.11. The first-order chi connectivity index (χ1) is 9.60. The lowest BCUT2D eigenvalue weighted by molar-refractivity contribution is 0.102. The third kappa shape index (κ3) is 3.18. The van der Waals surface area contributed by atoms with E-state index in [4.69, 9.17) is 5.26 Å². The average Bonchev–Trinajstić information content (AvgIpc) is 2.41. The van der Waals surface area contributed by atoms with Crippen LogP contribution < -0.4 is 5.32 Å². The number of nitrogens with zero attached hydrogens (tertiary/aromatic N) is 1. The molecule has 0 heterocycles. The molecule has 2 aromatic carbocycles. The summed E-state index contributed by atoms with van der Waals surface area (Å²) in [5, 5.41) is 11.0. The number of rotatable bonds is 3. The molecule has 20 heavy (non-hydrogen) atoms. The maximum Gasteiger partial charge on any atom is 0.258 e. The number of benzene rings is 2. The van der Waals surface area contributed by atoms with Crippen molar-refractivity contribution in [3.05, 3.63) is 65.2 Å². The van der Waals surface area contributed by atoms with Crippen molar-refractivity contribution >= 4 is 11.6 Å². The number of amides is 1. The Morgan fingerprint density at radius 3 is 2.45 bits per heavy atom. The van der Waals surface area contributed by atoms with Gasteiger partial charge >= 0.3 is 0 Å². The van der Waals surface area contributed by atoms with Gasteiger partial charge in [-0.05, 0) is 29.8 Å². The lowest BCUT2D eigenvalue weighted by Crippen LogP contribution is -2.13. The smallest absolute Gasteiger partial charge is 0.258 e. The molecule has 2 aromatic rings. The highest BCUT2D eigenvalue weighted by Gasteiger charge is 2.12. The Kier molecular flexibility index (Phi) is 4.06. The molecule has 0 aliphatic rings. The highest BCUT2D eigenvalue weighted by Crippen LogP contribution is 2.14. The van der Waals surface area contributed by atoms with Gasteiger partial charge in [0.05, 0.1) is 18.1 Å². The van der Waals surface area contributed by atoms with Crippen LogP contribution in [0.15, 0.2) is 42.5 Å². The van der Waals surface area contributed by atoms with Crippen LogP contribution in [-0.2, 0) is 6.42 Å². The standard InChI is InChI=1S/C15H10F2N2O/c16-11-3-6-13(14(17)9-11)15(20)19-12-4-1-10(2-5-12)7-8-18/h1-6,9H,7H2,(H,19,20). The van der Waals surface area contributed by atoms with Gasteiger partial charge in [-0.15, -0.1) is 0 Å². The van der Waals surface area contributed by atoms with Crippen LogP contribution in [0.2, 0.25) is 0 Å². The van der Waals surface area contributed by atoms with Crippen LogP contribution in [0.25, 0.3) is 0 Å². The number of carbonyl (C=O) groups is 1. The topological polar surface area (TPSA) is 52.9 Å². The summed E-state index contributed by atoms with van der Waals surface area (Å²) in [4.78, 5) is 11.8. The highest BCUT2D eigenvalue weighted by molar-refractivity contribution is 6.04. The average molecular weight is 272 g/mol. The van der Waals surface area contributed by atoms with Crippen molar-refractivity contribution in [2.24, 2.45) is 0 Å². The Hall–Kier alpha value is -2.74. The van der Waals surface area contributed by atoms with Crippen molar-refractivity contribution in [3.63, 3.8) is 0 Å². The number of anilines is 1. The summed E-state index contributed by atoms with van der Waals surface area (Å²) in [7, 11) is 0.